The number of anilines is 1. The van der Waals surface area contributed by atoms with Crippen molar-refractivity contribution in [2.75, 3.05) is 5.73 Å². The van der Waals surface area contributed by atoms with E-state index in [1.807, 2.05) is 12.1 Å². The van der Waals surface area contributed by atoms with Gasteiger partial charge in [-0.25, -0.2) is 0 Å². The van der Waals surface area contributed by atoms with Crippen LogP contribution in [0.3, 0.4) is 0 Å². The fourth-order valence-corrected chi connectivity index (χ4v) is 2.84. The van der Waals surface area contributed by atoms with Crippen molar-refractivity contribution in [1.82, 2.24) is 0 Å². The van der Waals surface area contributed by atoms with Crippen LogP contribution >= 0.6 is 11.6 Å². The lowest BCUT2D eigenvalue weighted by atomic mass is 9.89. The normalized spacial score (nSPS) is 13.8. The van der Waals surface area contributed by atoms with Crippen LogP contribution in [0.4, 0.5) is 5.69 Å². The van der Waals surface area contributed by atoms with Crippen LogP contribution in [-0.4, -0.2) is 5.78 Å². The molecule has 0 aromatic heterocycles. The van der Waals surface area contributed by atoms with Gasteiger partial charge in [0, 0.05) is 11.1 Å². The lowest BCUT2D eigenvalue weighted by molar-refractivity contribution is 0.103. The van der Waals surface area contributed by atoms with Gasteiger partial charge in [0.2, 0.25) is 0 Å². The van der Waals surface area contributed by atoms with Gasteiger partial charge in [-0.3, -0.25) is 4.79 Å². The van der Waals surface area contributed by atoms with Crippen molar-refractivity contribution in [2.24, 2.45) is 0 Å². The van der Waals surface area contributed by atoms with Gasteiger partial charge < -0.3 is 5.73 Å². The van der Waals surface area contributed by atoms with E-state index in [1.54, 1.807) is 18.2 Å². The fraction of sp³-hybridized carbons (Fsp3) is 0.235. The molecule has 1 aliphatic rings. The molecule has 20 heavy (non-hydrogen) atoms. The minimum atomic E-state index is 0.00161. The maximum Gasteiger partial charge on any atom is 0.193 e. The van der Waals surface area contributed by atoms with Crippen LogP contribution in [0.15, 0.2) is 36.4 Å². The van der Waals surface area contributed by atoms with E-state index in [1.165, 1.54) is 24.0 Å². The highest BCUT2D eigenvalue weighted by atomic mass is 35.5. The number of carbonyl (C=O) groups is 1. The Labute approximate surface area is 123 Å². The van der Waals surface area contributed by atoms with E-state index in [9.17, 15) is 4.79 Å². The highest BCUT2D eigenvalue weighted by Gasteiger charge is 2.14. The largest absolute Gasteiger partial charge is 0.398 e. The Kier molecular flexibility index (Phi) is 3.49. The molecule has 0 saturated heterocycles. The summed E-state index contributed by atoms with van der Waals surface area (Å²) in [6, 6.07) is 11.1. The summed E-state index contributed by atoms with van der Waals surface area (Å²) in [7, 11) is 0. The van der Waals surface area contributed by atoms with Crippen LogP contribution in [-0.2, 0) is 12.8 Å². The van der Waals surface area contributed by atoms with E-state index in [0.29, 0.717) is 16.3 Å². The third kappa shape index (κ3) is 2.44. The van der Waals surface area contributed by atoms with E-state index >= 15 is 0 Å². The summed E-state index contributed by atoms with van der Waals surface area (Å²) in [6.45, 7) is 0. The molecular formula is C17H16ClNO. The summed E-state index contributed by atoms with van der Waals surface area (Å²) >= 11 is 5.89. The number of halogens is 1. The first-order valence-electron chi connectivity index (χ1n) is 6.86. The average molecular weight is 286 g/mol. The van der Waals surface area contributed by atoms with Crippen molar-refractivity contribution in [1.29, 1.82) is 0 Å². The van der Waals surface area contributed by atoms with E-state index in [0.717, 1.165) is 18.4 Å². The van der Waals surface area contributed by atoms with Crippen molar-refractivity contribution in [3.63, 3.8) is 0 Å². The molecule has 2 nitrogen and oxygen atoms in total. The van der Waals surface area contributed by atoms with Crippen molar-refractivity contribution >= 4 is 23.1 Å². The summed E-state index contributed by atoms with van der Waals surface area (Å²) in [6.07, 6.45) is 4.64. The fourth-order valence-electron chi connectivity index (χ4n) is 2.73. The van der Waals surface area contributed by atoms with Gasteiger partial charge in [0.05, 0.1) is 10.7 Å². The summed E-state index contributed by atoms with van der Waals surface area (Å²) in [5.41, 5.74) is 10.2. The molecule has 2 aromatic carbocycles. The first kappa shape index (κ1) is 13.2. The highest BCUT2D eigenvalue weighted by Crippen LogP contribution is 2.25. The van der Waals surface area contributed by atoms with E-state index in [-0.39, 0.29) is 5.78 Å². The van der Waals surface area contributed by atoms with Gasteiger partial charge in [-0.05, 0) is 61.1 Å². The number of ketones is 1. The quantitative estimate of drug-likeness (QED) is 0.669. The van der Waals surface area contributed by atoms with Gasteiger partial charge in [0.25, 0.3) is 0 Å². The molecule has 0 amide bonds. The third-order valence-corrected chi connectivity index (χ3v) is 4.21. The molecule has 102 valence electrons. The standard InChI is InChI=1S/C17H16ClNO/c18-15-8-7-14(10-16(15)19)17(20)13-6-5-11-3-1-2-4-12(11)9-13/h5-10H,1-4,19H2. The Balaban J connectivity index is 1.95. The molecule has 0 bridgehead atoms. The molecule has 0 heterocycles. The molecule has 1 aliphatic carbocycles. The summed E-state index contributed by atoms with van der Waals surface area (Å²) in [4.78, 5) is 12.5. The number of hydrogen-bond acceptors (Lipinski definition) is 2. The van der Waals surface area contributed by atoms with Crippen molar-refractivity contribution in [3.8, 4) is 0 Å². The molecule has 0 radical (unpaired) electrons. The monoisotopic (exact) mass is 285 g/mol. The van der Waals surface area contributed by atoms with Gasteiger partial charge in [-0.2, -0.15) is 0 Å². The summed E-state index contributed by atoms with van der Waals surface area (Å²) in [5, 5.41) is 0.479. The maximum atomic E-state index is 12.5. The average Bonchev–Trinajstić information content (AvgIpc) is 2.49. The highest BCUT2D eigenvalue weighted by molar-refractivity contribution is 6.33. The molecule has 3 rings (SSSR count). The Bertz CT molecular complexity index is 679. The Morgan fingerprint density at radius 3 is 2.35 bits per heavy atom. The number of hydrogen-bond donors (Lipinski definition) is 1. The zero-order chi connectivity index (χ0) is 14.1. The molecule has 2 N–H and O–H groups in total. The van der Waals surface area contributed by atoms with Crippen LogP contribution < -0.4 is 5.73 Å². The predicted molar refractivity (Wildman–Crippen MR) is 82.4 cm³/mol. The first-order valence-corrected chi connectivity index (χ1v) is 7.24. The van der Waals surface area contributed by atoms with Crippen LogP contribution in [0.5, 0.6) is 0 Å². The smallest absolute Gasteiger partial charge is 0.193 e. The number of benzene rings is 2. The van der Waals surface area contributed by atoms with Gasteiger partial charge in [0.15, 0.2) is 5.78 Å². The molecule has 2 aromatic rings. The van der Waals surface area contributed by atoms with E-state index in [4.69, 9.17) is 17.3 Å². The minimum Gasteiger partial charge on any atom is -0.398 e. The molecule has 0 spiro atoms. The van der Waals surface area contributed by atoms with Crippen LogP contribution in [0, 0.1) is 0 Å². The van der Waals surface area contributed by atoms with Crippen LogP contribution in [0.1, 0.15) is 39.9 Å². The maximum absolute atomic E-state index is 12.5. The Morgan fingerprint density at radius 1 is 0.950 bits per heavy atom. The second kappa shape index (κ2) is 5.29. The number of carbonyl (C=O) groups excluding carboxylic acids is 1. The minimum absolute atomic E-state index is 0.00161. The SMILES string of the molecule is Nc1cc(C(=O)c2ccc3c(c2)CCCC3)ccc1Cl. The summed E-state index contributed by atoms with van der Waals surface area (Å²) < 4.78 is 0. The summed E-state index contributed by atoms with van der Waals surface area (Å²) in [5.74, 6) is 0.00161. The first-order chi connectivity index (χ1) is 9.65. The number of rotatable bonds is 2. The number of nitrogen functional groups attached to an aromatic ring is 1. The van der Waals surface area contributed by atoms with Gasteiger partial charge in [0.1, 0.15) is 0 Å². The Hall–Kier alpha value is -1.80. The predicted octanol–water partition coefficient (Wildman–Crippen LogP) is 4.03. The van der Waals surface area contributed by atoms with Crippen LogP contribution in [0.2, 0.25) is 5.02 Å². The third-order valence-electron chi connectivity index (χ3n) is 3.87. The zero-order valence-electron chi connectivity index (χ0n) is 11.2. The molecule has 0 fully saturated rings. The molecular weight excluding hydrogens is 270 g/mol. The van der Waals surface area contributed by atoms with Crippen molar-refractivity contribution in [3.05, 3.63) is 63.7 Å². The molecule has 0 atom stereocenters. The van der Waals surface area contributed by atoms with Gasteiger partial charge in [-0.15, -0.1) is 0 Å². The van der Waals surface area contributed by atoms with Gasteiger partial charge >= 0.3 is 0 Å². The molecule has 3 heteroatoms. The van der Waals surface area contributed by atoms with E-state index in [2.05, 4.69) is 6.07 Å². The van der Waals surface area contributed by atoms with E-state index < -0.39 is 0 Å². The number of aryl methyl sites for hydroxylation is 2. The number of nitrogens with two attached hydrogens (primary N) is 1. The molecule has 0 aliphatic heterocycles. The zero-order valence-corrected chi connectivity index (χ0v) is 11.9. The topological polar surface area (TPSA) is 43.1 Å². The van der Waals surface area contributed by atoms with Gasteiger partial charge in [-0.1, -0.05) is 23.7 Å². The lowest BCUT2D eigenvalue weighted by Gasteiger charge is -2.16. The second-order valence-electron chi connectivity index (χ2n) is 5.26. The Morgan fingerprint density at radius 2 is 1.60 bits per heavy atom. The van der Waals surface area contributed by atoms with Crippen molar-refractivity contribution in [2.45, 2.75) is 25.7 Å². The lowest BCUT2D eigenvalue weighted by Crippen LogP contribution is -2.07. The second-order valence-corrected chi connectivity index (χ2v) is 5.66. The molecule has 0 saturated carbocycles. The molecule has 0 unspecified atom stereocenters. The van der Waals surface area contributed by atoms with Crippen LogP contribution in [0.25, 0.3) is 0 Å². The van der Waals surface area contributed by atoms with Crippen molar-refractivity contribution < 1.29 is 4.79 Å². The number of fused-ring (bicyclic) bond motifs is 1.